The fraction of sp³-hybridized carbons (Fsp3) is 0.333. The number of H-pyrrole nitrogens is 1. The molecule has 2 aromatic rings. The maximum Gasteiger partial charge on any atom is 0.325 e. The molecule has 6 heteroatoms. The van der Waals surface area contributed by atoms with Crippen LogP contribution in [0.15, 0.2) is 24.3 Å². The molecule has 4 N–H and O–H groups in total. The number of urea groups is 1. The van der Waals surface area contributed by atoms with Crippen LogP contribution in [0.25, 0.3) is 10.9 Å². The van der Waals surface area contributed by atoms with E-state index in [9.17, 15) is 9.59 Å². The van der Waals surface area contributed by atoms with E-state index in [-0.39, 0.29) is 12.3 Å². The van der Waals surface area contributed by atoms with E-state index in [0.29, 0.717) is 13.0 Å². The highest BCUT2D eigenvalue weighted by molar-refractivity contribution is 5.97. The third kappa shape index (κ3) is 2.50. The molecule has 6 nitrogen and oxygen atoms in total. The summed E-state index contributed by atoms with van der Waals surface area (Å²) in [6.45, 7) is 2.51. The molecule has 0 aliphatic carbocycles. The molecule has 1 aromatic carbocycles. The smallest absolute Gasteiger partial charge is 0.325 e. The molecule has 1 fully saturated rings. The van der Waals surface area contributed by atoms with Gasteiger partial charge in [0.15, 0.2) is 0 Å². The van der Waals surface area contributed by atoms with E-state index in [1.54, 1.807) is 0 Å². The molecule has 1 aliphatic rings. The van der Waals surface area contributed by atoms with Crippen LogP contribution in [0, 0.1) is 6.92 Å². The van der Waals surface area contributed by atoms with E-state index in [1.807, 2.05) is 25.1 Å². The van der Waals surface area contributed by atoms with E-state index in [1.165, 1.54) is 10.5 Å². The lowest BCUT2D eigenvalue weighted by Gasteiger charge is -2.32. The van der Waals surface area contributed by atoms with Crippen LogP contribution in [-0.2, 0) is 11.2 Å². The van der Waals surface area contributed by atoms with Crippen molar-refractivity contribution in [1.29, 1.82) is 0 Å². The average Bonchev–Trinajstić information content (AvgIpc) is 2.73. The Labute approximate surface area is 122 Å². The van der Waals surface area contributed by atoms with Gasteiger partial charge >= 0.3 is 6.03 Å². The van der Waals surface area contributed by atoms with Gasteiger partial charge in [-0.25, -0.2) is 4.79 Å². The minimum Gasteiger partial charge on any atom is -0.358 e. The Balaban J connectivity index is 1.79. The number of amides is 3. The number of hydrogen-bond acceptors (Lipinski definition) is 3. The monoisotopic (exact) mass is 286 g/mol. The van der Waals surface area contributed by atoms with Crippen LogP contribution in [0.3, 0.4) is 0 Å². The van der Waals surface area contributed by atoms with Gasteiger partial charge in [-0.15, -0.1) is 0 Å². The van der Waals surface area contributed by atoms with E-state index in [2.05, 4.69) is 16.4 Å². The minimum atomic E-state index is -0.545. The molecule has 110 valence electrons. The summed E-state index contributed by atoms with van der Waals surface area (Å²) < 4.78 is 0. The van der Waals surface area contributed by atoms with Crippen LogP contribution in [0.5, 0.6) is 0 Å². The lowest BCUT2D eigenvalue weighted by Crippen LogP contribution is -2.58. The van der Waals surface area contributed by atoms with Gasteiger partial charge in [-0.3, -0.25) is 10.1 Å². The van der Waals surface area contributed by atoms with Crippen molar-refractivity contribution in [2.24, 2.45) is 5.73 Å². The largest absolute Gasteiger partial charge is 0.358 e. The molecule has 21 heavy (non-hydrogen) atoms. The van der Waals surface area contributed by atoms with E-state index < -0.39 is 12.2 Å². The number of nitrogens with one attached hydrogen (secondary N) is 2. The van der Waals surface area contributed by atoms with Crippen molar-refractivity contribution in [3.05, 3.63) is 35.5 Å². The van der Waals surface area contributed by atoms with Crippen molar-refractivity contribution in [2.75, 3.05) is 6.54 Å². The Morgan fingerprint density at radius 2 is 2.10 bits per heavy atom. The number of benzene rings is 1. The SMILES string of the molecule is Cc1[nH]c2ccccc2c1CCN1C(=O)NC(=O)CC1N. The first-order valence-corrected chi connectivity index (χ1v) is 6.98. The number of aryl methyl sites for hydroxylation is 1. The summed E-state index contributed by atoms with van der Waals surface area (Å²) in [6, 6.07) is 7.67. The van der Waals surface area contributed by atoms with Crippen molar-refractivity contribution in [2.45, 2.75) is 25.9 Å². The normalized spacial score (nSPS) is 19.1. The molecule has 1 unspecified atom stereocenters. The molecule has 1 aromatic heterocycles. The molecule has 1 saturated heterocycles. The van der Waals surface area contributed by atoms with Crippen molar-refractivity contribution in [1.82, 2.24) is 15.2 Å². The highest BCUT2D eigenvalue weighted by Gasteiger charge is 2.29. The predicted molar refractivity (Wildman–Crippen MR) is 79.6 cm³/mol. The summed E-state index contributed by atoms with van der Waals surface area (Å²) in [5, 5.41) is 3.47. The standard InChI is InChI=1S/C15H18N4O2/c1-9-10(11-4-2-3-5-12(11)17-9)6-7-19-13(16)8-14(20)18-15(19)21/h2-5,13,17H,6-8,16H2,1H3,(H,18,20,21). The number of aromatic nitrogens is 1. The van der Waals surface area contributed by atoms with Crippen molar-refractivity contribution < 1.29 is 9.59 Å². The topological polar surface area (TPSA) is 91.2 Å². The zero-order valence-corrected chi connectivity index (χ0v) is 11.8. The highest BCUT2D eigenvalue weighted by atomic mass is 16.2. The van der Waals surface area contributed by atoms with Crippen LogP contribution < -0.4 is 11.1 Å². The number of rotatable bonds is 3. The quantitative estimate of drug-likeness (QED) is 0.793. The molecule has 0 spiro atoms. The predicted octanol–water partition coefficient (Wildman–Crippen LogP) is 1.25. The zero-order valence-electron chi connectivity index (χ0n) is 11.8. The van der Waals surface area contributed by atoms with Crippen LogP contribution >= 0.6 is 0 Å². The van der Waals surface area contributed by atoms with E-state index in [0.717, 1.165) is 16.6 Å². The van der Waals surface area contributed by atoms with Gasteiger partial charge < -0.3 is 15.6 Å². The van der Waals surface area contributed by atoms with Gasteiger partial charge in [-0.1, -0.05) is 18.2 Å². The Kier molecular flexibility index (Phi) is 3.39. The number of carbonyl (C=O) groups is 2. The second kappa shape index (κ2) is 5.21. The van der Waals surface area contributed by atoms with Gasteiger partial charge in [0.2, 0.25) is 5.91 Å². The molecule has 3 amide bonds. The third-order valence-electron chi connectivity index (χ3n) is 3.93. The lowest BCUT2D eigenvalue weighted by atomic mass is 10.1. The summed E-state index contributed by atoms with van der Waals surface area (Å²) in [7, 11) is 0. The van der Waals surface area contributed by atoms with Crippen LogP contribution in [-0.4, -0.2) is 34.5 Å². The van der Waals surface area contributed by atoms with Crippen molar-refractivity contribution in [3.63, 3.8) is 0 Å². The van der Waals surface area contributed by atoms with Gasteiger partial charge in [0.05, 0.1) is 12.6 Å². The first-order chi connectivity index (χ1) is 10.1. The zero-order chi connectivity index (χ0) is 15.0. The van der Waals surface area contributed by atoms with Gasteiger partial charge in [0, 0.05) is 23.1 Å². The summed E-state index contributed by atoms with van der Waals surface area (Å²) in [5.41, 5.74) is 9.26. The number of aromatic amines is 1. The highest BCUT2D eigenvalue weighted by Crippen LogP contribution is 2.22. The van der Waals surface area contributed by atoms with Crippen molar-refractivity contribution >= 4 is 22.8 Å². The number of hydrogen-bond donors (Lipinski definition) is 3. The van der Waals surface area contributed by atoms with E-state index in [4.69, 9.17) is 5.73 Å². The van der Waals surface area contributed by atoms with Crippen molar-refractivity contribution in [3.8, 4) is 0 Å². The van der Waals surface area contributed by atoms with Crippen LogP contribution in [0.1, 0.15) is 17.7 Å². The number of fused-ring (bicyclic) bond motifs is 1. The number of para-hydroxylation sites is 1. The Hall–Kier alpha value is -2.34. The summed E-state index contributed by atoms with van der Waals surface area (Å²) in [6.07, 6.45) is 0.306. The average molecular weight is 286 g/mol. The first-order valence-electron chi connectivity index (χ1n) is 6.98. The maximum atomic E-state index is 11.8. The fourth-order valence-corrected chi connectivity index (χ4v) is 2.85. The number of nitrogens with zero attached hydrogens (tertiary/aromatic N) is 1. The van der Waals surface area contributed by atoms with Gasteiger partial charge in [-0.2, -0.15) is 0 Å². The number of imide groups is 1. The number of nitrogens with two attached hydrogens (primary N) is 1. The molecule has 1 aliphatic heterocycles. The van der Waals surface area contributed by atoms with Gasteiger partial charge in [0.1, 0.15) is 0 Å². The Bertz CT molecular complexity index is 707. The molecule has 3 rings (SSSR count). The molecule has 0 bridgehead atoms. The molecule has 0 saturated carbocycles. The number of carbonyl (C=O) groups excluding carboxylic acids is 2. The summed E-state index contributed by atoms with van der Waals surface area (Å²) in [4.78, 5) is 27.9. The summed E-state index contributed by atoms with van der Waals surface area (Å²) >= 11 is 0. The molecule has 1 atom stereocenters. The maximum absolute atomic E-state index is 11.8. The molecule has 2 heterocycles. The third-order valence-corrected chi connectivity index (χ3v) is 3.93. The minimum absolute atomic E-state index is 0.151. The summed E-state index contributed by atoms with van der Waals surface area (Å²) in [5.74, 6) is -0.313. The Morgan fingerprint density at radius 1 is 1.33 bits per heavy atom. The van der Waals surface area contributed by atoms with Gasteiger partial charge in [0.25, 0.3) is 0 Å². The van der Waals surface area contributed by atoms with Crippen LogP contribution in [0.4, 0.5) is 4.79 Å². The Morgan fingerprint density at radius 3 is 2.86 bits per heavy atom. The second-order valence-electron chi connectivity index (χ2n) is 5.34. The van der Waals surface area contributed by atoms with E-state index >= 15 is 0 Å². The molecule has 0 radical (unpaired) electrons. The fourth-order valence-electron chi connectivity index (χ4n) is 2.85. The second-order valence-corrected chi connectivity index (χ2v) is 5.34. The lowest BCUT2D eigenvalue weighted by molar-refractivity contribution is -0.122. The first kappa shape index (κ1) is 13.6. The van der Waals surface area contributed by atoms with Gasteiger partial charge in [-0.05, 0) is 25.0 Å². The molecular formula is C15H18N4O2. The van der Waals surface area contributed by atoms with Crippen LogP contribution in [0.2, 0.25) is 0 Å². The molecular weight excluding hydrogens is 268 g/mol.